The van der Waals surface area contributed by atoms with Crippen LogP contribution in [-0.2, 0) is 9.84 Å². The van der Waals surface area contributed by atoms with E-state index in [1.807, 2.05) is 6.07 Å². The molecule has 1 unspecified atom stereocenters. The van der Waals surface area contributed by atoms with Gasteiger partial charge in [-0.05, 0) is 36.6 Å². The molecular weight excluding hydrogens is 224 g/mol. The number of nitrogens with one attached hydrogen (secondary N) is 1. The maximum absolute atomic E-state index is 11.5. The number of hydrogen-bond donors (Lipinski definition) is 2. The predicted molar refractivity (Wildman–Crippen MR) is 64.2 cm³/mol. The van der Waals surface area contributed by atoms with Crippen molar-refractivity contribution in [2.45, 2.75) is 17.2 Å². The molecule has 0 radical (unpaired) electrons. The molecule has 5 heteroatoms. The summed E-state index contributed by atoms with van der Waals surface area (Å²) < 4.78 is 23.1. The predicted octanol–water partition coefficient (Wildman–Crippen LogP) is 0.749. The van der Waals surface area contributed by atoms with Gasteiger partial charge in [-0.3, -0.25) is 0 Å². The summed E-state index contributed by atoms with van der Waals surface area (Å²) in [6, 6.07) is 5.31. The van der Waals surface area contributed by atoms with Gasteiger partial charge in [0.25, 0.3) is 0 Å². The van der Waals surface area contributed by atoms with Gasteiger partial charge >= 0.3 is 0 Å². The molecule has 2 rings (SSSR count). The second kappa shape index (κ2) is 4.07. The van der Waals surface area contributed by atoms with Crippen LogP contribution < -0.4 is 11.1 Å². The van der Waals surface area contributed by atoms with E-state index in [1.54, 1.807) is 12.1 Å². The normalized spacial score (nSPS) is 21.2. The third-order valence-corrected chi connectivity index (χ3v) is 4.12. The van der Waals surface area contributed by atoms with E-state index in [0.717, 1.165) is 25.1 Å². The maximum Gasteiger partial charge on any atom is 0.177 e. The number of nitrogens with two attached hydrogens (primary N) is 1. The van der Waals surface area contributed by atoms with Crippen molar-refractivity contribution in [2.24, 2.45) is 0 Å². The topological polar surface area (TPSA) is 72.2 Å². The van der Waals surface area contributed by atoms with E-state index in [2.05, 4.69) is 5.32 Å². The minimum Gasteiger partial charge on any atom is -0.398 e. The Bertz CT molecular complexity index is 491. The summed E-state index contributed by atoms with van der Waals surface area (Å²) in [7, 11) is -3.23. The molecule has 1 saturated heterocycles. The number of hydrogen-bond acceptors (Lipinski definition) is 4. The van der Waals surface area contributed by atoms with E-state index in [4.69, 9.17) is 5.73 Å². The molecule has 16 heavy (non-hydrogen) atoms. The third-order valence-electron chi connectivity index (χ3n) is 2.97. The summed E-state index contributed by atoms with van der Waals surface area (Å²) in [6.07, 6.45) is 2.24. The average molecular weight is 240 g/mol. The van der Waals surface area contributed by atoms with Crippen LogP contribution in [0.5, 0.6) is 0 Å². The molecule has 0 spiro atoms. The van der Waals surface area contributed by atoms with Crippen LogP contribution >= 0.6 is 0 Å². The molecule has 1 aromatic carbocycles. The van der Waals surface area contributed by atoms with Gasteiger partial charge in [-0.25, -0.2) is 8.42 Å². The van der Waals surface area contributed by atoms with Crippen molar-refractivity contribution in [3.8, 4) is 0 Å². The van der Waals surface area contributed by atoms with Gasteiger partial charge in [0.1, 0.15) is 0 Å². The molecule has 0 aromatic heterocycles. The van der Waals surface area contributed by atoms with Crippen LogP contribution in [0.1, 0.15) is 17.9 Å². The lowest BCUT2D eigenvalue weighted by molar-refractivity contribution is 0.602. The molecule has 1 aliphatic rings. The summed E-state index contributed by atoms with van der Waals surface area (Å²) >= 11 is 0. The van der Waals surface area contributed by atoms with Crippen LogP contribution in [0.3, 0.4) is 0 Å². The first-order valence-corrected chi connectivity index (χ1v) is 7.18. The minimum absolute atomic E-state index is 0.247. The van der Waals surface area contributed by atoms with Crippen molar-refractivity contribution < 1.29 is 8.42 Å². The first-order valence-electron chi connectivity index (χ1n) is 5.28. The summed E-state index contributed by atoms with van der Waals surface area (Å²) in [5.74, 6) is 0.404. The molecule has 0 aliphatic carbocycles. The fourth-order valence-electron chi connectivity index (χ4n) is 2.07. The first kappa shape index (κ1) is 11.4. The molecule has 0 bridgehead atoms. The summed E-state index contributed by atoms with van der Waals surface area (Å²) in [5, 5.41) is 3.26. The molecule has 1 aromatic rings. The zero-order chi connectivity index (χ0) is 11.8. The Hall–Kier alpha value is -1.07. The van der Waals surface area contributed by atoms with Gasteiger partial charge in [-0.1, -0.05) is 6.07 Å². The number of rotatable bonds is 2. The number of nitrogen functional groups attached to an aromatic ring is 1. The fraction of sp³-hybridized carbons (Fsp3) is 0.455. The molecular formula is C11H16N2O2S. The standard InChI is InChI=1S/C11H16N2O2S/c1-16(14,15)11-6-8(2-3-10(11)12)9-4-5-13-7-9/h2-3,6,9,13H,4-5,7,12H2,1H3. The molecule has 1 fully saturated rings. The second-order valence-corrected chi connectivity index (χ2v) is 6.24. The zero-order valence-corrected chi connectivity index (χ0v) is 10.0. The van der Waals surface area contributed by atoms with Crippen molar-refractivity contribution >= 4 is 15.5 Å². The fourth-order valence-corrected chi connectivity index (χ4v) is 2.91. The molecule has 3 N–H and O–H groups in total. The first-order chi connectivity index (χ1) is 7.48. The van der Waals surface area contributed by atoms with Gasteiger partial charge < -0.3 is 11.1 Å². The van der Waals surface area contributed by atoms with Crippen molar-refractivity contribution in [1.82, 2.24) is 5.32 Å². The highest BCUT2D eigenvalue weighted by molar-refractivity contribution is 7.90. The summed E-state index contributed by atoms with van der Waals surface area (Å²) in [4.78, 5) is 0.247. The quantitative estimate of drug-likeness (QED) is 0.748. The van der Waals surface area contributed by atoms with Gasteiger partial charge in [-0.15, -0.1) is 0 Å². The van der Waals surface area contributed by atoms with Gasteiger partial charge in [-0.2, -0.15) is 0 Å². The maximum atomic E-state index is 11.5. The highest BCUT2D eigenvalue weighted by atomic mass is 32.2. The lowest BCUT2D eigenvalue weighted by Gasteiger charge is -2.11. The molecule has 1 aliphatic heterocycles. The second-order valence-electron chi connectivity index (χ2n) is 4.26. The van der Waals surface area contributed by atoms with Crippen LogP contribution in [0, 0.1) is 0 Å². The van der Waals surface area contributed by atoms with Gasteiger partial charge in [0, 0.05) is 12.8 Å². The molecule has 88 valence electrons. The Morgan fingerprint density at radius 1 is 1.44 bits per heavy atom. The van der Waals surface area contributed by atoms with Crippen molar-refractivity contribution in [1.29, 1.82) is 0 Å². The Balaban J connectivity index is 2.43. The van der Waals surface area contributed by atoms with Crippen molar-refractivity contribution in [2.75, 3.05) is 25.1 Å². The molecule has 0 saturated carbocycles. The monoisotopic (exact) mass is 240 g/mol. The lowest BCUT2D eigenvalue weighted by atomic mass is 9.98. The van der Waals surface area contributed by atoms with Gasteiger partial charge in [0.2, 0.25) is 0 Å². The molecule has 1 atom stereocenters. The van der Waals surface area contributed by atoms with Crippen molar-refractivity contribution in [3.05, 3.63) is 23.8 Å². The average Bonchev–Trinajstić information content (AvgIpc) is 2.69. The number of anilines is 1. The highest BCUT2D eigenvalue weighted by Gasteiger charge is 2.19. The van der Waals surface area contributed by atoms with Crippen LogP contribution in [-0.4, -0.2) is 27.8 Å². The van der Waals surface area contributed by atoms with E-state index in [-0.39, 0.29) is 4.90 Å². The number of benzene rings is 1. The van der Waals surface area contributed by atoms with E-state index < -0.39 is 9.84 Å². The molecule has 0 amide bonds. The largest absolute Gasteiger partial charge is 0.398 e. The summed E-state index contributed by atoms with van der Waals surface area (Å²) in [6.45, 7) is 1.90. The van der Waals surface area contributed by atoms with Crippen LogP contribution in [0.2, 0.25) is 0 Å². The molecule has 1 heterocycles. The van der Waals surface area contributed by atoms with E-state index in [1.165, 1.54) is 6.26 Å². The third kappa shape index (κ3) is 2.20. The van der Waals surface area contributed by atoms with Crippen LogP contribution in [0.25, 0.3) is 0 Å². The van der Waals surface area contributed by atoms with Gasteiger partial charge in [0.05, 0.1) is 10.6 Å². The molecule has 4 nitrogen and oxygen atoms in total. The smallest absolute Gasteiger partial charge is 0.177 e. The highest BCUT2D eigenvalue weighted by Crippen LogP contribution is 2.27. The van der Waals surface area contributed by atoms with E-state index in [0.29, 0.717) is 11.6 Å². The SMILES string of the molecule is CS(=O)(=O)c1cc(C2CCNC2)ccc1N. The Kier molecular flexibility index (Phi) is 2.90. The van der Waals surface area contributed by atoms with E-state index >= 15 is 0 Å². The lowest BCUT2D eigenvalue weighted by Crippen LogP contribution is -2.09. The Morgan fingerprint density at radius 3 is 2.75 bits per heavy atom. The minimum atomic E-state index is -3.23. The number of sulfone groups is 1. The van der Waals surface area contributed by atoms with Gasteiger partial charge in [0.15, 0.2) is 9.84 Å². The zero-order valence-electron chi connectivity index (χ0n) is 9.23. The van der Waals surface area contributed by atoms with E-state index in [9.17, 15) is 8.42 Å². The Morgan fingerprint density at radius 2 is 2.19 bits per heavy atom. The summed E-state index contributed by atoms with van der Waals surface area (Å²) in [5.41, 5.74) is 7.07. The van der Waals surface area contributed by atoms with Crippen LogP contribution in [0.4, 0.5) is 5.69 Å². The van der Waals surface area contributed by atoms with Crippen molar-refractivity contribution in [3.63, 3.8) is 0 Å². The van der Waals surface area contributed by atoms with Crippen LogP contribution in [0.15, 0.2) is 23.1 Å². The Labute approximate surface area is 95.8 Å².